The largest absolute Gasteiger partial charge is 0.454 e. The van der Waals surface area contributed by atoms with Crippen LogP contribution in [-0.4, -0.2) is 12.7 Å². The molecule has 0 aliphatic carbocycles. The third-order valence-electron chi connectivity index (χ3n) is 3.26. The number of carbonyl (C=O) groups excluding carboxylic acids is 1. The Morgan fingerprint density at radius 3 is 2.81 bits per heavy atom. The molecule has 0 bridgehead atoms. The van der Waals surface area contributed by atoms with E-state index in [1.807, 2.05) is 6.07 Å². The normalized spacial score (nSPS) is 12.3. The van der Waals surface area contributed by atoms with Crippen LogP contribution >= 0.6 is 0 Å². The Morgan fingerprint density at radius 2 is 2.00 bits per heavy atom. The van der Waals surface area contributed by atoms with E-state index in [9.17, 15) is 9.18 Å². The van der Waals surface area contributed by atoms with E-state index in [2.05, 4.69) is 5.32 Å². The monoisotopic (exact) mass is 287 g/mol. The number of hydrogen-bond acceptors (Lipinski definition) is 3. The molecule has 1 N–H and O–H groups in total. The maximum absolute atomic E-state index is 13.7. The van der Waals surface area contributed by atoms with Gasteiger partial charge < -0.3 is 14.8 Å². The van der Waals surface area contributed by atoms with Gasteiger partial charge in [-0.25, -0.2) is 4.39 Å². The first kappa shape index (κ1) is 13.4. The van der Waals surface area contributed by atoms with Crippen LogP contribution < -0.4 is 14.8 Å². The smallest absolute Gasteiger partial charge is 0.254 e. The molecule has 1 aliphatic heterocycles. The first-order valence-corrected chi connectivity index (χ1v) is 6.56. The third kappa shape index (κ3) is 2.81. The highest BCUT2D eigenvalue weighted by Gasteiger charge is 2.14. The Kier molecular flexibility index (Phi) is 3.48. The van der Waals surface area contributed by atoms with Crippen LogP contribution in [0.4, 0.5) is 4.39 Å². The van der Waals surface area contributed by atoms with Gasteiger partial charge in [0.2, 0.25) is 6.79 Å². The molecule has 0 unspecified atom stereocenters. The first-order chi connectivity index (χ1) is 10.1. The van der Waals surface area contributed by atoms with E-state index in [0.29, 0.717) is 18.0 Å². The van der Waals surface area contributed by atoms with Gasteiger partial charge in [-0.2, -0.15) is 0 Å². The molecule has 1 heterocycles. The lowest BCUT2D eigenvalue weighted by Gasteiger charge is -2.07. The number of ether oxygens (including phenoxy) is 2. The molecule has 0 spiro atoms. The van der Waals surface area contributed by atoms with Crippen molar-refractivity contribution in [1.29, 1.82) is 0 Å². The van der Waals surface area contributed by atoms with E-state index in [-0.39, 0.29) is 12.4 Å². The number of fused-ring (bicyclic) bond motifs is 1. The average molecular weight is 287 g/mol. The zero-order valence-corrected chi connectivity index (χ0v) is 11.5. The lowest BCUT2D eigenvalue weighted by atomic mass is 10.1. The molecule has 5 heteroatoms. The minimum absolute atomic E-state index is 0.0429. The van der Waals surface area contributed by atoms with E-state index >= 15 is 0 Å². The molecule has 0 aromatic heterocycles. The van der Waals surface area contributed by atoms with E-state index in [1.54, 1.807) is 25.1 Å². The number of carbonyl (C=O) groups is 1. The van der Waals surface area contributed by atoms with Gasteiger partial charge in [0.25, 0.3) is 5.91 Å². The summed E-state index contributed by atoms with van der Waals surface area (Å²) >= 11 is 0. The van der Waals surface area contributed by atoms with Crippen molar-refractivity contribution < 1.29 is 18.7 Å². The molecule has 0 atom stereocenters. The van der Waals surface area contributed by atoms with Gasteiger partial charge in [-0.05, 0) is 42.3 Å². The molecule has 1 aliphatic rings. The zero-order valence-electron chi connectivity index (χ0n) is 11.5. The molecule has 108 valence electrons. The number of nitrogens with one attached hydrogen (secondary N) is 1. The standard InChI is InChI=1S/C16H14FNO3/c1-10-2-4-12(13(17)6-10)16(19)18-8-11-3-5-14-15(7-11)21-9-20-14/h2-7H,8-9H2,1H3,(H,18,19). The van der Waals surface area contributed by atoms with Crippen molar-refractivity contribution in [2.45, 2.75) is 13.5 Å². The quantitative estimate of drug-likeness (QED) is 0.944. The van der Waals surface area contributed by atoms with Gasteiger partial charge in [0.1, 0.15) is 5.82 Å². The van der Waals surface area contributed by atoms with Crippen molar-refractivity contribution in [1.82, 2.24) is 5.32 Å². The molecule has 1 amide bonds. The highest BCUT2D eigenvalue weighted by atomic mass is 19.1. The summed E-state index contributed by atoms with van der Waals surface area (Å²) in [5, 5.41) is 2.69. The fourth-order valence-electron chi connectivity index (χ4n) is 2.13. The molecule has 4 nitrogen and oxygen atoms in total. The predicted molar refractivity (Wildman–Crippen MR) is 74.9 cm³/mol. The van der Waals surface area contributed by atoms with Crippen LogP contribution in [0.15, 0.2) is 36.4 Å². The maximum atomic E-state index is 13.7. The van der Waals surface area contributed by atoms with Crippen molar-refractivity contribution in [3.63, 3.8) is 0 Å². The molecule has 3 rings (SSSR count). The van der Waals surface area contributed by atoms with Crippen LogP contribution in [0.2, 0.25) is 0 Å². The van der Waals surface area contributed by atoms with Gasteiger partial charge >= 0.3 is 0 Å². The number of aryl methyl sites for hydroxylation is 1. The van der Waals surface area contributed by atoms with Crippen LogP contribution in [0.25, 0.3) is 0 Å². The maximum Gasteiger partial charge on any atom is 0.254 e. The van der Waals surface area contributed by atoms with Crippen molar-refractivity contribution >= 4 is 5.91 Å². The van der Waals surface area contributed by atoms with E-state index < -0.39 is 11.7 Å². The van der Waals surface area contributed by atoms with Crippen LogP contribution in [0, 0.1) is 12.7 Å². The molecule has 0 radical (unpaired) electrons. The number of benzene rings is 2. The summed E-state index contributed by atoms with van der Waals surface area (Å²) in [7, 11) is 0. The summed E-state index contributed by atoms with van der Waals surface area (Å²) in [5.74, 6) is 0.390. The predicted octanol–water partition coefficient (Wildman–Crippen LogP) is 2.79. The topological polar surface area (TPSA) is 47.6 Å². The lowest BCUT2D eigenvalue weighted by molar-refractivity contribution is 0.0947. The highest BCUT2D eigenvalue weighted by Crippen LogP contribution is 2.32. The molecular formula is C16H14FNO3. The summed E-state index contributed by atoms with van der Waals surface area (Å²) in [4.78, 5) is 12.0. The average Bonchev–Trinajstić information content (AvgIpc) is 2.92. The van der Waals surface area contributed by atoms with Crippen molar-refractivity contribution in [3.05, 3.63) is 58.9 Å². The summed E-state index contributed by atoms with van der Waals surface area (Å²) < 4.78 is 24.2. The van der Waals surface area contributed by atoms with Crippen LogP contribution in [0.1, 0.15) is 21.5 Å². The van der Waals surface area contributed by atoms with Crippen LogP contribution in [0.5, 0.6) is 11.5 Å². The van der Waals surface area contributed by atoms with Gasteiger partial charge in [-0.1, -0.05) is 12.1 Å². The molecule has 0 saturated heterocycles. The highest BCUT2D eigenvalue weighted by molar-refractivity contribution is 5.94. The number of amides is 1. The van der Waals surface area contributed by atoms with E-state index in [0.717, 1.165) is 11.1 Å². The fourth-order valence-corrected chi connectivity index (χ4v) is 2.13. The molecule has 2 aromatic carbocycles. The second kappa shape index (κ2) is 5.44. The number of hydrogen-bond donors (Lipinski definition) is 1. The molecule has 21 heavy (non-hydrogen) atoms. The second-order valence-corrected chi connectivity index (χ2v) is 4.85. The van der Waals surface area contributed by atoms with Gasteiger partial charge in [-0.3, -0.25) is 4.79 Å². The van der Waals surface area contributed by atoms with Crippen LogP contribution in [-0.2, 0) is 6.54 Å². The summed E-state index contributed by atoms with van der Waals surface area (Å²) in [6.07, 6.45) is 0. The lowest BCUT2D eigenvalue weighted by Crippen LogP contribution is -2.23. The van der Waals surface area contributed by atoms with Gasteiger partial charge in [0.15, 0.2) is 11.5 Å². The minimum Gasteiger partial charge on any atom is -0.454 e. The minimum atomic E-state index is -0.516. The molecule has 0 fully saturated rings. The van der Waals surface area contributed by atoms with Gasteiger partial charge in [-0.15, -0.1) is 0 Å². The number of rotatable bonds is 3. The third-order valence-corrected chi connectivity index (χ3v) is 3.26. The molecule has 2 aromatic rings. The summed E-state index contributed by atoms with van der Waals surface area (Å²) in [6.45, 7) is 2.28. The Morgan fingerprint density at radius 1 is 1.19 bits per heavy atom. The van der Waals surface area contributed by atoms with Crippen molar-refractivity contribution in [2.75, 3.05) is 6.79 Å². The zero-order chi connectivity index (χ0) is 14.8. The first-order valence-electron chi connectivity index (χ1n) is 6.56. The Hall–Kier alpha value is -2.56. The Labute approximate surface area is 121 Å². The van der Waals surface area contributed by atoms with Gasteiger partial charge in [0, 0.05) is 6.54 Å². The number of halogens is 1. The summed E-state index contributed by atoms with van der Waals surface area (Å²) in [5.41, 5.74) is 1.68. The fraction of sp³-hybridized carbons (Fsp3) is 0.188. The Bertz CT molecular complexity index is 700. The molecule has 0 saturated carbocycles. The second-order valence-electron chi connectivity index (χ2n) is 4.85. The summed E-state index contributed by atoms with van der Waals surface area (Å²) in [6, 6.07) is 9.96. The van der Waals surface area contributed by atoms with Crippen LogP contribution in [0.3, 0.4) is 0 Å². The SMILES string of the molecule is Cc1ccc(C(=O)NCc2ccc3c(c2)OCO3)c(F)c1. The van der Waals surface area contributed by atoms with E-state index in [1.165, 1.54) is 12.1 Å². The van der Waals surface area contributed by atoms with Crippen molar-refractivity contribution in [3.8, 4) is 11.5 Å². The molecular weight excluding hydrogens is 273 g/mol. The van der Waals surface area contributed by atoms with E-state index in [4.69, 9.17) is 9.47 Å². The van der Waals surface area contributed by atoms with Crippen molar-refractivity contribution in [2.24, 2.45) is 0 Å². The van der Waals surface area contributed by atoms with Gasteiger partial charge in [0.05, 0.1) is 5.56 Å². The Balaban J connectivity index is 1.68.